The SMILES string of the molecule is [CH2]CCC(CC(C)C)c1ccccc1. The summed E-state index contributed by atoms with van der Waals surface area (Å²) >= 11 is 0. The molecule has 14 heavy (non-hydrogen) atoms. The Bertz CT molecular complexity index is 235. The minimum atomic E-state index is 0.702. The van der Waals surface area contributed by atoms with E-state index in [9.17, 15) is 0 Å². The molecule has 0 heteroatoms. The van der Waals surface area contributed by atoms with Crippen LogP contribution < -0.4 is 0 Å². The summed E-state index contributed by atoms with van der Waals surface area (Å²) in [5, 5.41) is 0. The van der Waals surface area contributed by atoms with Crippen molar-refractivity contribution >= 4 is 0 Å². The van der Waals surface area contributed by atoms with Gasteiger partial charge in [-0.05, 0) is 30.2 Å². The van der Waals surface area contributed by atoms with Crippen LogP contribution >= 0.6 is 0 Å². The average molecular weight is 189 g/mol. The van der Waals surface area contributed by atoms with E-state index >= 15 is 0 Å². The third-order valence-electron chi connectivity index (χ3n) is 2.58. The molecule has 0 aliphatic heterocycles. The first-order valence-corrected chi connectivity index (χ1v) is 5.58. The van der Waals surface area contributed by atoms with Crippen LogP contribution in [0.4, 0.5) is 0 Å². The number of hydrogen-bond donors (Lipinski definition) is 0. The van der Waals surface area contributed by atoms with Crippen molar-refractivity contribution in [2.24, 2.45) is 5.92 Å². The number of benzene rings is 1. The molecule has 0 saturated carbocycles. The van der Waals surface area contributed by atoms with E-state index in [0.717, 1.165) is 12.3 Å². The van der Waals surface area contributed by atoms with E-state index in [4.69, 9.17) is 0 Å². The Morgan fingerprint density at radius 1 is 1.14 bits per heavy atom. The Labute approximate surface area is 88.4 Å². The first-order chi connectivity index (χ1) is 6.74. The Morgan fingerprint density at radius 2 is 1.79 bits per heavy atom. The van der Waals surface area contributed by atoms with Gasteiger partial charge in [0.25, 0.3) is 0 Å². The van der Waals surface area contributed by atoms with Gasteiger partial charge in [0.2, 0.25) is 0 Å². The Kier molecular flexibility index (Phi) is 4.72. The van der Waals surface area contributed by atoms with E-state index in [0.29, 0.717) is 5.92 Å². The maximum absolute atomic E-state index is 3.96. The second kappa shape index (κ2) is 5.85. The van der Waals surface area contributed by atoms with Gasteiger partial charge in [-0.3, -0.25) is 0 Å². The van der Waals surface area contributed by atoms with E-state index in [2.05, 4.69) is 51.1 Å². The first kappa shape index (κ1) is 11.3. The van der Waals surface area contributed by atoms with Gasteiger partial charge in [0.15, 0.2) is 0 Å². The highest BCUT2D eigenvalue weighted by Gasteiger charge is 2.11. The average Bonchev–Trinajstić information content (AvgIpc) is 2.18. The Hall–Kier alpha value is -0.780. The van der Waals surface area contributed by atoms with Gasteiger partial charge in [-0.15, -0.1) is 0 Å². The minimum absolute atomic E-state index is 0.702. The summed E-state index contributed by atoms with van der Waals surface area (Å²) < 4.78 is 0. The quantitative estimate of drug-likeness (QED) is 0.642. The molecule has 0 nitrogen and oxygen atoms in total. The van der Waals surface area contributed by atoms with Crippen LogP contribution in [0.5, 0.6) is 0 Å². The zero-order valence-electron chi connectivity index (χ0n) is 9.37. The maximum atomic E-state index is 3.96. The largest absolute Gasteiger partial charge is 0.0628 e. The zero-order valence-corrected chi connectivity index (χ0v) is 9.37. The van der Waals surface area contributed by atoms with E-state index in [1.54, 1.807) is 0 Å². The lowest BCUT2D eigenvalue weighted by molar-refractivity contribution is 0.478. The van der Waals surface area contributed by atoms with Crippen LogP contribution in [-0.2, 0) is 0 Å². The predicted octanol–water partition coefficient (Wildman–Crippen LogP) is 4.43. The number of hydrogen-bond acceptors (Lipinski definition) is 0. The van der Waals surface area contributed by atoms with Crippen molar-refractivity contribution in [3.63, 3.8) is 0 Å². The molecule has 0 bridgehead atoms. The van der Waals surface area contributed by atoms with Crippen LogP contribution in [0.15, 0.2) is 30.3 Å². The highest BCUT2D eigenvalue weighted by Crippen LogP contribution is 2.27. The molecule has 1 aromatic rings. The first-order valence-electron chi connectivity index (χ1n) is 5.58. The summed E-state index contributed by atoms with van der Waals surface area (Å²) in [6.07, 6.45) is 3.52. The van der Waals surface area contributed by atoms with Crippen LogP contribution in [0.25, 0.3) is 0 Å². The lowest BCUT2D eigenvalue weighted by Gasteiger charge is -2.18. The topological polar surface area (TPSA) is 0 Å². The second-order valence-electron chi connectivity index (χ2n) is 4.38. The normalized spacial score (nSPS) is 13.1. The highest BCUT2D eigenvalue weighted by atomic mass is 14.2. The lowest BCUT2D eigenvalue weighted by Crippen LogP contribution is -2.02. The fourth-order valence-corrected chi connectivity index (χ4v) is 1.96. The van der Waals surface area contributed by atoms with Gasteiger partial charge in [0, 0.05) is 0 Å². The Balaban J connectivity index is 2.67. The van der Waals surface area contributed by atoms with Gasteiger partial charge in [0.1, 0.15) is 0 Å². The molecule has 77 valence electrons. The van der Waals surface area contributed by atoms with Crippen molar-refractivity contribution in [3.05, 3.63) is 42.8 Å². The van der Waals surface area contributed by atoms with Gasteiger partial charge in [-0.25, -0.2) is 0 Å². The predicted molar refractivity (Wildman–Crippen MR) is 63.2 cm³/mol. The lowest BCUT2D eigenvalue weighted by atomic mass is 9.87. The summed E-state index contributed by atoms with van der Waals surface area (Å²) in [4.78, 5) is 0. The molecule has 1 radical (unpaired) electrons. The van der Waals surface area contributed by atoms with Crippen LogP contribution in [-0.4, -0.2) is 0 Å². The van der Waals surface area contributed by atoms with Crippen LogP contribution in [0, 0.1) is 12.8 Å². The van der Waals surface area contributed by atoms with Crippen LogP contribution in [0.1, 0.15) is 44.6 Å². The molecule has 0 amide bonds. The number of rotatable bonds is 5. The van der Waals surface area contributed by atoms with Gasteiger partial charge >= 0.3 is 0 Å². The van der Waals surface area contributed by atoms with Gasteiger partial charge in [0.05, 0.1) is 0 Å². The fraction of sp³-hybridized carbons (Fsp3) is 0.500. The molecule has 0 aromatic heterocycles. The molecule has 1 aromatic carbocycles. The minimum Gasteiger partial charge on any atom is -0.0628 e. The fourth-order valence-electron chi connectivity index (χ4n) is 1.96. The van der Waals surface area contributed by atoms with Gasteiger partial charge in [-0.2, -0.15) is 0 Å². The van der Waals surface area contributed by atoms with Crippen molar-refractivity contribution in [1.29, 1.82) is 0 Å². The summed E-state index contributed by atoms with van der Waals surface area (Å²) in [6.45, 7) is 8.54. The third-order valence-corrected chi connectivity index (χ3v) is 2.58. The van der Waals surface area contributed by atoms with Crippen molar-refractivity contribution in [3.8, 4) is 0 Å². The van der Waals surface area contributed by atoms with Gasteiger partial charge in [-0.1, -0.05) is 57.5 Å². The van der Waals surface area contributed by atoms with Crippen LogP contribution in [0.2, 0.25) is 0 Å². The molecule has 1 unspecified atom stereocenters. The third kappa shape index (κ3) is 3.53. The molecule has 1 atom stereocenters. The Morgan fingerprint density at radius 3 is 2.29 bits per heavy atom. The molecule has 0 aliphatic rings. The molecular formula is C14H21. The van der Waals surface area contributed by atoms with Crippen molar-refractivity contribution in [2.45, 2.75) is 39.0 Å². The summed E-state index contributed by atoms with van der Waals surface area (Å²) in [5.74, 6) is 1.47. The van der Waals surface area contributed by atoms with E-state index in [-0.39, 0.29) is 0 Å². The molecule has 0 aliphatic carbocycles. The smallest absolute Gasteiger partial charge is 0.0160 e. The summed E-state index contributed by atoms with van der Waals surface area (Å²) in [5.41, 5.74) is 1.48. The van der Waals surface area contributed by atoms with E-state index in [1.165, 1.54) is 18.4 Å². The van der Waals surface area contributed by atoms with Crippen molar-refractivity contribution < 1.29 is 0 Å². The molecule has 0 fully saturated rings. The van der Waals surface area contributed by atoms with Crippen molar-refractivity contribution in [1.82, 2.24) is 0 Å². The van der Waals surface area contributed by atoms with E-state index in [1.807, 2.05) is 0 Å². The molecular weight excluding hydrogens is 168 g/mol. The molecule has 0 spiro atoms. The van der Waals surface area contributed by atoms with Crippen molar-refractivity contribution in [2.75, 3.05) is 0 Å². The second-order valence-corrected chi connectivity index (χ2v) is 4.38. The summed E-state index contributed by atoms with van der Waals surface area (Å²) in [6, 6.07) is 10.8. The summed E-state index contributed by atoms with van der Waals surface area (Å²) in [7, 11) is 0. The van der Waals surface area contributed by atoms with Gasteiger partial charge < -0.3 is 0 Å². The molecule has 0 heterocycles. The highest BCUT2D eigenvalue weighted by molar-refractivity contribution is 5.19. The monoisotopic (exact) mass is 189 g/mol. The standard InChI is InChI=1S/C14H21/c1-4-8-14(11-12(2)3)13-9-6-5-7-10-13/h5-7,9-10,12,14H,1,4,8,11H2,2-3H3. The maximum Gasteiger partial charge on any atom is -0.0160 e. The van der Waals surface area contributed by atoms with Crippen LogP contribution in [0.3, 0.4) is 0 Å². The molecule has 1 rings (SSSR count). The zero-order chi connectivity index (χ0) is 10.4. The molecule has 0 saturated heterocycles. The van der Waals surface area contributed by atoms with E-state index < -0.39 is 0 Å². The molecule has 0 N–H and O–H groups in total.